The topological polar surface area (TPSA) is 21.5 Å². The molecule has 3 heteroatoms. The number of hydrogen-bond donors (Lipinski definition) is 0. The van der Waals surface area contributed by atoms with Crippen LogP contribution in [0.4, 0.5) is 0 Å². The summed E-state index contributed by atoms with van der Waals surface area (Å²) in [6.45, 7) is 4.78. The average molecular weight is 131 g/mol. The first-order chi connectivity index (χ1) is 4.34. The smallest absolute Gasteiger partial charge is 0.148 e. The number of nitrogens with zero attached hydrogens (tertiary/aromatic N) is 1. The zero-order valence-corrected chi connectivity index (χ0v) is 5.96. The van der Waals surface area contributed by atoms with Crippen molar-refractivity contribution in [1.82, 2.24) is 4.90 Å². The van der Waals surface area contributed by atoms with Crippen LogP contribution in [0, 0.1) is 0 Å². The van der Waals surface area contributed by atoms with Crippen LogP contribution in [0.2, 0.25) is 0 Å². The number of ether oxygens (including phenoxy) is 2. The van der Waals surface area contributed by atoms with E-state index >= 15 is 0 Å². The molecule has 1 aliphatic heterocycles. The highest BCUT2D eigenvalue weighted by Crippen LogP contribution is 2.10. The van der Waals surface area contributed by atoms with Crippen LogP contribution in [0.3, 0.4) is 0 Å². The number of hydrogen-bond acceptors (Lipinski definition) is 3. The van der Waals surface area contributed by atoms with Crippen LogP contribution in [0.1, 0.15) is 6.92 Å². The molecule has 0 N–H and O–H groups in total. The minimum atomic E-state index is 0.241. The maximum Gasteiger partial charge on any atom is 0.148 e. The third-order valence-corrected chi connectivity index (χ3v) is 1.42. The Morgan fingerprint density at radius 3 is 2.67 bits per heavy atom. The highest BCUT2D eigenvalue weighted by Gasteiger charge is 2.23. The van der Waals surface area contributed by atoms with E-state index in [1.807, 2.05) is 6.92 Å². The van der Waals surface area contributed by atoms with E-state index in [4.69, 9.17) is 9.47 Å². The lowest BCUT2D eigenvalue weighted by molar-refractivity contribution is -0.0963. The molecule has 0 aromatic rings. The molecule has 1 atom stereocenters. The molecular formula is C6H13NO2. The fourth-order valence-electron chi connectivity index (χ4n) is 0.693. The maximum atomic E-state index is 5.22. The van der Waals surface area contributed by atoms with E-state index in [2.05, 4.69) is 4.90 Å². The van der Waals surface area contributed by atoms with Crippen molar-refractivity contribution in [2.45, 2.75) is 13.2 Å². The van der Waals surface area contributed by atoms with Gasteiger partial charge in [-0.15, -0.1) is 0 Å². The van der Waals surface area contributed by atoms with Crippen LogP contribution >= 0.6 is 0 Å². The summed E-state index contributed by atoms with van der Waals surface area (Å²) in [6, 6.07) is 0. The van der Waals surface area contributed by atoms with Crippen molar-refractivity contribution in [3.8, 4) is 0 Å². The Hall–Kier alpha value is -0.120. The van der Waals surface area contributed by atoms with Gasteiger partial charge in [0.2, 0.25) is 0 Å². The van der Waals surface area contributed by atoms with E-state index in [0.717, 1.165) is 0 Å². The van der Waals surface area contributed by atoms with Gasteiger partial charge in [0, 0.05) is 20.2 Å². The van der Waals surface area contributed by atoms with Crippen molar-refractivity contribution in [1.29, 1.82) is 0 Å². The summed E-state index contributed by atoms with van der Waals surface area (Å²) in [6.07, 6.45) is 0.241. The lowest BCUT2D eigenvalue weighted by Crippen LogP contribution is -2.19. The molecule has 0 radical (unpaired) electrons. The normalized spacial score (nSPS) is 22.0. The minimum absolute atomic E-state index is 0.241. The number of rotatable bonds is 4. The Labute approximate surface area is 55.5 Å². The quantitative estimate of drug-likeness (QED) is 0.403. The predicted molar refractivity (Wildman–Crippen MR) is 34.0 cm³/mol. The molecule has 1 saturated heterocycles. The van der Waals surface area contributed by atoms with Gasteiger partial charge in [-0.2, -0.15) is 0 Å². The van der Waals surface area contributed by atoms with E-state index in [1.54, 1.807) is 7.11 Å². The molecule has 3 nitrogen and oxygen atoms in total. The van der Waals surface area contributed by atoms with Gasteiger partial charge in [0.25, 0.3) is 0 Å². The van der Waals surface area contributed by atoms with E-state index in [1.165, 1.54) is 13.1 Å². The summed E-state index contributed by atoms with van der Waals surface area (Å²) in [5, 5.41) is 0. The Morgan fingerprint density at radius 1 is 1.56 bits per heavy atom. The highest BCUT2D eigenvalue weighted by atomic mass is 16.7. The molecular weight excluding hydrogens is 118 g/mol. The molecule has 1 unspecified atom stereocenters. The van der Waals surface area contributed by atoms with Crippen molar-refractivity contribution >= 4 is 0 Å². The molecule has 0 amide bonds. The standard InChI is InChI=1S/C6H13NO2/c1-6(7-3-4-7)9-5-8-2/h6H,3-5H2,1-2H3. The first-order valence-corrected chi connectivity index (χ1v) is 3.19. The summed E-state index contributed by atoms with van der Waals surface area (Å²) in [4.78, 5) is 2.22. The molecule has 9 heavy (non-hydrogen) atoms. The molecule has 0 bridgehead atoms. The molecule has 1 rings (SSSR count). The van der Waals surface area contributed by atoms with E-state index in [9.17, 15) is 0 Å². The molecule has 0 aromatic carbocycles. The molecule has 0 saturated carbocycles. The molecule has 54 valence electrons. The Balaban J connectivity index is 1.96. The third kappa shape index (κ3) is 2.30. The van der Waals surface area contributed by atoms with Gasteiger partial charge in [-0.1, -0.05) is 0 Å². The second-order valence-electron chi connectivity index (χ2n) is 2.21. The van der Waals surface area contributed by atoms with Gasteiger partial charge >= 0.3 is 0 Å². The molecule has 1 aliphatic rings. The summed E-state index contributed by atoms with van der Waals surface area (Å²) < 4.78 is 9.96. The van der Waals surface area contributed by atoms with Crippen LogP contribution in [0.5, 0.6) is 0 Å². The van der Waals surface area contributed by atoms with Gasteiger partial charge in [-0.3, -0.25) is 4.90 Å². The van der Waals surface area contributed by atoms with Crippen molar-refractivity contribution in [2.24, 2.45) is 0 Å². The largest absolute Gasteiger partial charge is 0.359 e. The molecule has 0 spiro atoms. The van der Waals surface area contributed by atoms with Crippen molar-refractivity contribution in [3.63, 3.8) is 0 Å². The fourth-order valence-corrected chi connectivity index (χ4v) is 0.693. The second kappa shape index (κ2) is 3.15. The molecule has 1 fully saturated rings. The summed E-state index contributed by atoms with van der Waals surface area (Å²) in [7, 11) is 1.63. The van der Waals surface area contributed by atoms with Crippen LogP contribution in [-0.2, 0) is 9.47 Å². The van der Waals surface area contributed by atoms with Crippen LogP contribution < -0.4 is 0 Å². The summed E-state index contributed by atoms with van der Waals surface area (Å²) >= 11 is 0. The molecule has 1 heterocycles. The van der Waals surface area contributed by atoms with Crippen molar-refractivity contribution in [2.75, 3.05) is 27.0 Å². The molecule has 0 aromatic heterocycles. The lowest BCUT2D eigenvalue weighted by atomic mass is 10.7. The third-order valence-electron chi connectivity index (χ3n) is 1.42. The van der Waals surface area contributed by atoms with Gasteiger partial charge in [-0.05, 0) is 6.92 Å². The van der Waals surface area contributed by atoms with Gasteiger partial charge in [0.15, 0.2) is 0 Å². The van der Waals surface area contributed by atoms with E-state index < -0.39 is 0 Å². The average Bonchev–Trinajstić information content (AvgIpc) is 2.63. The highest BCUT2D eigenvalue weighted by molar-refractivity contribution is 4.73. The van der Waals surface area contributed by atoms with Gasteiger partial charge in [0.1, 0.15) is 13.0 Å². The van der Waals surface area contributed by atoms with Gasteiger partial charge in [0.05, 0.1) is 0 Å². The lowest BCUT2D eigenvalue weighted by Gasteiger charge is -2.11. The van der Waals surface area contributed by atoms with Crippen molar-refractivity contribution < 1.29 is 9.47 Å². The SMILES string of the molecule is COCOC(C)N1CC1. The van der Waals surface area contributed by atoms with Crippen LogP contribution in [0.15, 0.2) is 0 Å². The summed E-state index contributed by atoms with van der Waals surface area (Å²) in [5.41, 5.74) is 0. The fraction of sp³-hybridized carbons (Fsp3) is 1.00. The zero-order valence-electron chi connectivity index (χ0n) is 5.96. The second-order valence-corrected chi connectivity index (χ2v) is 2.21. The van der Waals surface area contributed by atoms with Crippen LogP contribution in [0.25, 0.3) is 0 Å². The first kappa shape index (κ1) is 6.99. The number of methoxy groups -OCH3 is 1. The Kier molecular flexibility index (Phi) is 2.45. The van der Waals surface area contributed by atoms with Crippen LogP contribution in [-0.4, -0.2) is 38.1 Å². The molecule has 0 aliphatic carbocycles. The van der Waals surface area contributed by atoms with Gasteiger partial charge < -0.3 is 9.47 Å². The maximum absolute atomic E-state index is 5.22. The van der Waals surface area contributed by atoms with E-state index in [-0.39, 0.29) is 6.23 Å². The minimum Gasteiger partial charge on any atom is -0.359 e. The van der Waals surface area contributed by atoms with E-state index in [0.29, 0.717) is 6.79 Å². The first-order valence-electron chi connectivity index (χ1n) is 3.19. The Morgan fingerprint density at radius 2 is 2.22 bits per heavy atom. The Bertz CT molecular complexity index is 83.1. The van der Waals surface area contributed by atoms with Gasteiger partial charge in [-0.25, -0.2) is 0 Å². The summed E-state index contributed by atoms with van der Waals surface area (Å²) in [5.74, 6) is 0. The predicted octanol–water partition coefficient (Wildman–Crippen LogP) is 0.269. The van der Waals surface area contributed by atoms with Crippen molar-refractivity contribution in [3.05, 3.63) is 0 Å². The monoisotopic (exact) mass is 131 g/mol. The zero-order chi connectivity index (χ0) is 6.69.